The number of rotatable bonds is 1. The lowest BCUT2D eigenvalue weighted by molar-refractivity contribution is -0.122. The average molecular weight is 253 g/mol. The van der Waals surface area contributed by atoms with E-state index >= 15 is 0 Å². The van der Waals surface area contributed by atoms with E-state index in [0.717, 1.165) is 12.8 Å². The van der Waals surface area contributed by atoms with E-state index in [9.17, 15) is 4.79 Å². The molecule has 2 N–H and O–H groups in total. The van der Waals surface area contributed by atoms with E-state index < -0.39 is 0 Å². The topological polar surface area (TPSA) is 43.1 Å². The van der Waals surface area contributed by atoms with Gasteiger partial charge in [-0.2, -0.15) is 0 Å². The number of halogens is 1. The third-order valence-electron chi connectivity index (χ3n) is 2.01. The standard InChI is InChI=1S/C7H12INO/c8-6-3-1-2-5(4-6)7(9)10/h5-6H,1-4H2,(H2,9,10). The Bertz CT molecular complexity index is 138. The first-order chi connectivity index (χ1) is 4.70. The van der Waals surface area contributed by atoms with Gasteiger partial charge in [-0.15, -0.1) is 0 Å². The number of carbonyl (C=O) groups excluding carboxylic acids is 1. The number of alkyl halides is 1. The molecule has 0 saturated heterocycles. The summed E-state index contributed by atoms with van der Waals surface area (Å²) in [4.78, 5) is 10.7. The van der Waals surface area contributed by atoms with Crippen molar-refractivity contribution in [3.05, 3.63) is 0 Å². The van der Waals surface area contributed by atoms with E-state index in [2.05, 4.69) is 22.6 Å². The molecule has 0 aromatic rings. The molecule has 0 bridgehead atoms. The van der Waals surface area contributed by atoms with Crippen LogP contribution in [-0.2, 0) is 4.79 Å². The van der Waals surface area contributed by atoms with Gasteiger partial charge in [0, 0.05) is 9.84 Å². The third-order valence-corrected chi connectivity index (χ3v) is 3.14. The van der Waals surface area contributed by atoms with Gasteiger partial charge in [-0.25, -0.2) is 0 Å². The van der Waals surface area contributed by atoms with Crippen molar-refractivity contribution in [2.75, 3.05) is 0 Å². The molecule has 1 amide bonds. The van der Waals surface area contributed by atoms with Crippen LogP contribution in [0.2, 0.25) is 0 Å². The molecule has 0 spiro atoms. The SMILES string of the molecule is NC(=O)C1CCCC(I)C1. The molecule has 2 atom stereocenters. The lowest BCUT2D eigenvalue weighted by Gasteiger charge is -2.22. The minimum absolute atomic E-state index is 0.110. The first-order valence-electron chi connectivity index (χ1n) is 3.63. The number of carbonyl (C=O) groups is 1. The molecule has 0 radical (unpaired) electrons. The minimum atomic E-state index is -0.110. The van der Waals surface area contributed by atoms with Crippen LogP contribution < -0.4 is 5.73 Å². The number of amides is 1. The maximum atomic E-state index is 10.7. The lowest BCUT2D eigenvalue weighted by Crippen LogP contribution is -2.28. The molecule has 0 aliphatic heterocycles. The molecular formula is C7H12INO. The van der Waals surface area contributed by atoms with Gasteiger partial charge in [-0.05, 0) is 19.3 Å². The van der Waals surface area contributed by atoms with Crippen molar-refractivity contribution in [2.45, 2.75) is 29.6 Å². The lowest BCUT2D eigenvalue weighted by atomic mass is 9.89. The van der Waals surface area contributed by atoms with E-state index in [-0.39, 0.29) is 11.8 Å². The second kappa shape index (κ2) is 3.55. The number of nitrogens with two attached hydrogens (primary N) is 1. The van der Waals surface area contributed by atoms with Gasteiger partial charge in [0.05, 0.1) is 0 Å². The Labute approximate surface area is 74.7 Å². The van der Waals surface area contributed by atoms with Crippen LogP contribution in [0.3, 0.4) is 0 Å². The zero-order valence-electron chi connectivity index (χ0n) is 5.85. The second-order valence-corrected chi connectivity index (χ2v) is 4.62. The predicted octanol–water partition coefficient (Wildman–Crippen LogP) is 1.47. The minimum Gasteiger partial charge on any atom is -0.369 e. The monoisotopic (exact) mass is 253 g/mol. The number of hydrogen-bond donors (Lipinski definition) is 1. The summed E-state index contributed by atoms with van der Waals surface area (Å²) in [5.41, 5.74) is 5.19. The van der Waals surface area contributed by atoms with Gasteiger partial charge >= 0.3 is 0 Å². The summed E-state index contributed by atoms with van der Waals surface area (Å²) in [7, 11) is 0. The largest absolute Gasteiger partial charge is 0.369 e. The fraction of sp³-hybridized carbons (Fsp3) is 0.857. The van der Waals surface area contributed by atoms with Crippen LogP contribution in [0.25, 0.3) is 0 Å². The Morgan fingerprint density at radius 1 is 1.50 bits per heavy atom. The van der Waals surface area contributed by atoms with E-state index in [4.69, 9.17) is 5.73 Å². The van der Waals surface area contributed by atoms with Gasteiger partial charge in [-0.1, -0.05) is 29.0 Å². The predicted molar refractivity (Wildman–Crippen MR) is 49.0 cm³/mol. The smallest absolute Gasteiger partial charge is 0.220 e. The molecule has 1 saturated carbocycles. The maximum absolute atomic E-state index is 10.7. The molecule has 2 nitrogen and oxygen atoms in total. The highest BCUT2D eigenvalue weighted by Gasteiger charge is 2.23. The van der Waals surface area contributed by atoms with Crippen LogP contribution in [0.15, 0.2) is 0 Å². The van der Waals surface area contributed by atoms with E-state index in [1.807, 2.05) is 0 Å². The van der Waals surface area contributed by atoms with Crippen molar-refractivity contribution in [1.82, 2.24) is 0 Å². The third kappa shape index (κ3) is 2.11. The van der Waals surface area contributed by atoms with Crippen LogP contribution in [0.5, 0.6) is 0 Å². The normalized spacial score (nSPS) is 33.7. The summed E-state index contributed by atoms with van der Waals surface area (Å²) in [6.45, 7) is 0. The van der Waals surface area contributed by atoms with E-state index in [1.54, 1.807) is 0 Å². The Balaban J connectivity index is 2.39. The molecule has 1 aliphatic carbocycles. The number of primary amides is 1. The average Bonchev–Trinajstić information content (AvgIpc) is 1.88. The molecule has 58 valence electrons. The molecule has 0 aromatic carbocycles. The van der Waals surface area contributed by atoms with Gasteiger partial charge in [-0.3, -0.25) is 4.79 Å². The molecule has 10 heavy (non-hydrogen) atoms. The van der Waals surface area contributed by atoms with Crippen molar-refractivity contribution in [1.29, 1.82) is 0 Å². The van der Waals surface area contributed by atoms with Gasteiger partial charge in [0.1, 0.15) is 0 Å². The Morgan fingerprint density at radius 2 is 2.20 bits per heavy atom. The molecule has 0 aromatic heterocycles. The quantitative estimate of drug-likeness (QED) is 0.558. The fourth-order valence-electron chi connectivity index (χ4n) is 1.39. The highest BCUT2D eigenvalue weighted by atomic mass is 127. The molecule has 1 aliphatic rings. The van der Waals surface area contributed by atoms with Crippen LogP contribution in [0.1, 0.15) is 25.7 Å². The van der Waals surface area contributed by atoms with Crippen molar-refractivity contribution >= 4 is 28.5 Å². The highest BCUT2D eigenvalue weighted by Crippen LogP contribution is 2.28. The van der Waals surface area contributed by atoms with E-state index in [1.165, 1.54) is 12.8 Å². The highest BCUT2D eigenvalue weighted by molar-refractivity contribution is 14.1. The molecule has 0 heterocycles. The van der Waals surface area contributed by atoms with Gasteiger partial charge in [0.2, 0.25) is 5.91 Å². The Morgan fingerprint density at radius 3 is 2.60 bits per heavy atom. The molecule has 1 rings (SSSR count). The van der Waals surface area contributed by atoms with Gasteiger partial charge in [0.25, 0.3) is 0 Å². The summed E-state index contributed by atoms with van der Waals surface area (Å²) in [6, 6.07) is 0. The van der Waals surface area contributed by atoms with Gasteiger partial charge in [0.15, 0.2) is 0 Å². The molecular weight excluding hydrogens is 241 g/mol. The van der Waals surface area contributed by atoms with Crippen molar-refractivity contribution in [2.24, 2.45) is 11.7 Å². The summed E-state index contributed by atoms with van der Waals surface area (Å²) >= 11 is 2.40. The molecule has 2 unspecified atom stereocenters. The van der Waals surface area contributed by atoms with E-state index in [0.29, 0.717) is 3.92 Å². The van der Waals surface area contributed by atoms with Crippen molar-refractivity contribution in [3.8, 4) is 0 Å². The second-order valence-electron chi connectivity index (χ2n) is 2.86. The van der Waals surface area contributed by atoms with Crippen LogP contribution in [-0.4, -0.2) is 9.83 Å². The molecule has 1 fully saturated rings. The summed E-state index contributed by atoms with van der Waals surface area (Å²) in [5.74, 6) is 0.0528. The maximum Gasteiger partial charge on any atom is 0.220 e. The first-order valence-corrected chi connectivity index (χ1v) is 4.88. The first kappa shape index (κ1) is 8.30. The Hall–Kier alpha value is 0.200. The van der Waals surface area contributed by atoms with Crippen molar-refractivity contribution in [3.63, 3.8) is 0 Å². The van der Waals surface area contributed by atoms with Crippen LogP contribution >= 0.6 is 22.6 Å². The summed E-state index contributed by atoms with van der Waals surface area (Å²) in [5, 5.41) is 0. The zero-order valence-corrected chi connectivity index (χ0v) is 8.00. The van der Waals surface area contributed by atoms with Crippen molar-refractivity contribution < 1.29 is 4.79 Å². The van der Waals surface area contributed by atoms with Crippen LogP contribution in [0, 0.1) is 5.92 Å². The van der Waals surface area contributed by atoms with Crippen LogP contribution in [0.4, 0.5) is 0 Å². The fourth-order valence-corrected chi connectivity index (χ4v) is 2.44. The molecule has 3 heteroatoms. The summed E-state index contributed by atoms with van der Waals surface area (Å²) in [6.07, 6.45) is 4.43. The zero-order chi connectivity index (χ0) is 7.56. The Kier molecular flexibility index (Phi) is 2.95. The number of hydrogen-bond acceptors (Lipinski definition) is 1. The van der Waals surface area contributed by atoms with Gasteiger partial charge < -0.3 is 5.73 Å². The summed E-state index contributed by atoms with van der Waals surface area (Å²) < 4.78 is 0.670.